The van der Waals surface area contributed by atoms with Crippen molar-refractivity contribution in [3.05, 3.63) is 18.1 Å². The van der Waals surface area contributed by atoms with Gasteiger partial charge in [-0.15, -0.1) is 0 Å². The molecule has 0 atom stereocenters. The molecule has 0 spiro atoms. The van der Waals surface area contributed by atoms with E-state index in [9.17, 15) is 5.11 Å². The van der Waals surface area contributed by atoms with Crippen LogP contribution in [0.15, 0.2) is 12.4 Å². The maximum atomic E-state index is 9.85. The van der Waals surface area contributed by atoms with Crippen molar-refractivity contribution in [3.63, 3.8) is 0 Å². The van der Waals surface area contributed by atoms with Gasteiger partial charge in [0.05, 0.1) is 11.3 Å². The Kier molecular flexibility index (Phi) is 2.61. The van der Waals surface area contributed by atoms with Crippen molar-refractivity contribution in [2.75, 3.05) is 18.0 Å². The predicted molar refractivity (Wildman–Crippen MR) is 58.8 cm³/mol. The molecule has 4 nitrogen and oxygen atoms in total. The normalized spacial score (nSPS) is 20.3. The molecule has 0 unspecified atom stereocenters. The van der Waals surface area contributed by atoms with Crippen LogP contribution in [-0.2, 0) is 0 Å². The van der Waals surface area contributed by atoms with Crippen molar-refractivity contribution in [1.82, 2.24) is 9.97 Å². The Morgan fingerprint density at radius 3 is 2.47 bits per heavy atom. The Morgan fingerprint density at radius 2 is 1.87 bits per heavy atom. The van der Waals surface area contributed by atoms with Crippen LogP contribution in [0.1, 0.15) is 25.5 Å². The standard InChI is InChI=1S/C11H17N3O/c1-9-10(13-6-5-12-9)14-7-3-11(2,15)4-8-14/h5-6,15H,3-4,7-8H2,1-2H3. The van der Waals surface area contributed by atoms with Crippen molar-refractivity contribution in [1.29, 1.82) is 0 Å². The van der Waals surface area contributed by atoms with Crippen LogP contribution in [0.25, 0.3) is 0 Å². The molecular weight excluding hydrogens is 190 g/mol. The van der Waals surface area contributed by atoms with E-state index in [1.807, 2.05) is 13.8 Å². The third-order valence-electron chi connectivity index (χ3n) is 3.00. The van der Waals surface area contributed by atoms with E-state index >= 15 is 0 Å². The van der Waals surface area contributed by atoms with Gasteiger partial charge in [-0.05, 0) is 26.7 Å². The van der Waals surface area contributed by atoms with Gasteiger partial charge < -0.3 is 10.0 Å². The van der Waals surface area contributed by atoms with Gasteiger partial charge in [0.2, 0.25) is 0 Å². The third kappa shape index (κ3) is 2.26. The molecule has 1 aliphatic heterocycles. The van der Waals surface area contributed by atoms with Crippen LogP contribution in [0.4, 0.5) is 5.82 Å². The lowest BCUT2D eigenvalue weighted by Crippen LogP contribution is -2.43. The Bertz CT molecular complexity index is 341. The Balaban J connectivity index is 2.11. The molecule has 82 valence electrons. The number of aliphatic hydroxyl groups is 1. The lowest BCUT2D eigenvalue weighted by atomic mass is 9.94. The van der Waals surface area contributed by atoms with Gasteiger partial charge >= 0.3 is 0 Å². The molecule has 1 aromatic heterocycles. The summed E-state index contributed by atoms with van der Waals surface area (Å²) in [5.41, 5.74) is 0.450. The summed E-state index contributed by atoms with van der Waals surface area (Å²) < 4.78 is 0. The molecule has 1 aromatic rings. The quantitative estimate of drug-likeness (QED) is 0.750. The van der Waals surface area contributed by atoms with Crippen molar-refractivity contribution in [2.45, 2.75) is 32.3 Å². The molecule has 1 aliphatic rings. The molecule has 0 bridgehead atoms. The van der Waals surface area contributed by atoms with E-state index in [-0.39, 0.29) is 0 Å². The first-order chi connectivity index (χ1) is 7.08. The third-order valence-corrected chi connectivity index (χ3v) is 3.00. The van der Waals surface area contributed by atoms with Crippen LogP contribution in [0, 0.1) is 6.92 Å². The second-order valence-electron chi connectivity index (χ2n) is 4.45. The van der Waals surface area contributed by atoms with Gasteiger partial charge in [0.1, 0.15) is 5.82 Å². The lowest BCUT2D eigenvalue weighted by molar-refractivity contribution is 0.0350. The van der Waals surface area contributed by atoms with Gasteiger partial charge in [0.25, 0.3) is 0 Å². The predicted octanol–water partition coefficient (Wildman–Crippen LogP) is 1.14. The average molecular weight is 207 g/mol. The molecule has 2 heterocycles. The molecule has 1 saturated heterocycles. The Labute approximate surface area is 90.0 Å². The van der Waals surface area contributed by atoms with Crippen LogP contribution < -0.4 is 4.90 Å². The number of aryl methyl sites for hydroxylation is 1. The summed E-state index contributed by atoms with van der Waals surface area (Å²) in [6.07, 6.45) is 5.01. The van der Waals surface area contributed by atoms with E-state index in [4.69, 9.17) is 0 Å². The first-order valence-corrected chi connectivity index (χ1v) is 5.33. The molecule has 0 aromatic carbocycles. The van der Waals surface area contributed by atoms with Gasteiger partial charge in [0, 0.05) is 25.5 Å². The molecule has 0 aliphatic carbocycles. The fourth-order valence-corrected chi connectivity index (χ4v) is 1.91. The minimum Gasteiger partial charge on any atom is -0.390 e. The van der Waals surface area contributed by atoms with Gasteiger partial charge in [-0.2, -0.15) is 0 Å². The number of hydrogen-bond acceptors (Lipinski definition) is 4. The van der Waals surface area contributed by atoms with E-state index in [1.165, 1.54) is 0 Å². The van der Waals surface area contributed by atoms with Crippen LogP contribution in [0.5, 0.6) is 0 Å². The first kappa shape index (κ1) is 10.4. The van der Waals surface area contributed by atoms with E-state index in [0.29, 0.717) is 0 Å². The Morgan fingerprint density at radius 1 is 1.27 bits per heavy atom. The highest BCUT2D eigenvalue weighted by molar-refractivity contribution is 5.42. The van der Waals surface area contributed by atoms with E-state index < -0.39 is 5.60 Å². The maximum absolute atomic E-state index is 9.85. The van der Waals surface area contributed by atoms with Gasteiger partial charge in [-0.1, -0.05) is 0 Å². The van der Waals surface area contributed by atoms with Crippen LogP contribution in [0.3, 0.4) is 0 Å². The van der Waals surface area contributed by atoms with E-state index in [1.54, 1.807) is 12.4 Å². The van der Waals surface area contributed by atoms with Crippen LogP contribution >= 0.6 is 0 Å². The number of anilines is 1. The summed E-state index contributed by atoms with van der Waals surface area (Å²) in [4.78, 5) is 10.8. The van der Waals surface area contributed by atoms with Crippen molar-refractivity contribution >= 4 is 5.82 Å². The van der Waals surface area contributed by atoms with Crippen molar-refractivity contribution in [2.24, 2.45) is 0 Å². The van der Waals surface area contributed by atoms with Gasteiger partial charge in [-0.3, -0.25) is 4.98 Å². The highest BCUT2D eigenvalue weighted by Crippen LogP contribution is 2.25. The zero-order valence-corrected chi connectivity index (χ0v) is 9.27. The minimum atomic E-state index is -0.507. The number of rotatable bonds is 1. The highest BCUT2D eigenvalue weighted by atomic mass is 16.3. The fourth-order valence-electron chi connectivity index (χ4n) is 1.91. The SMILES string of the molecule is Cc1nccnc1N1CCC(C)(O)CC1. The average Bonchev–Trinajstić information content (AvgIpc) is 2.19. The highest BCUT2D eigenvalue weighted by Gasteiger charge is 2.28. The van der Waals surface area contributed by atoms with Gasteiger partial charge in [0.15, 0.2) is 0 Å². The molecule has 1 N–H and O–H groups in total. The number of hydrogen-bond donors (Lipinski definition) is 1. The maximum Gasteiger partial charge on any atom is 0.150 e. The molecule has 0 saturated carbocycles. The number of piperidine rings is 1. The summed E-state index contributed by atoms with van der Waals surface area (Å²) in [5.74, 6) is 0.952. The largest absolute Gasteiger partial charge is 0.390 e. The molecule has 0 amide bonds. The molecular formula is C11H17N3O. The summed E-state index contributed by atoms with van der Waals surface area (Å²) >= 11 is 0. The second-order valence-corrected chi connectivity index (χ2v) is 4.45. The molecule has 1 fully saturated rings. The molecule has 4 heteroatoms. The van der Waals surface area contributed by atoms with E-state index in [2.05, 4.69) is 14.9 Å². The first-order valence-electron chi connectivity index (χ1n) is 5.33. The Hall–Kier alpha value is -1.16. The van der Waals surface area contributed by atoms with E-state index in [0.717, 1.165) is 37.4 Å². The minimum absolute atomic E-state index is 0.507. The summed E-state index contributed by atoms with van der Waals surface area (Å²) in [5, 5.41) is 9.85. The fraction of sp³-hybridized carbons (Fsp3) is 0.636. The molecule has 15 heavy (non-hydrogen) atoms. The summed E-state index contributed by atoms with van der Waals surface area (Å²) in [6.45, 7) is 5.57. The zero-order valence-electron chi connectivity index (χ0n) is 9.27. The molecule has 2 rings (SSSR count). The molecule has 0 radical (unpaired) electrons. The zero-order chi connectivity index (χ0) is 10.9. The van der Waals surface area contributed by atoms with Crippen molar-refractivity contribution in [3.8, 4) is 0 Å². The van der Waals surface area contributed by atoms with Crippen molar-refractivity contribution < 1.29 is 5.11 Å². The summed E-state index contributed by atoms with van der Waals surface area (Å²) in [6, 6.07) is 0. The second kappa shape index (κ2) is 3.77. The van der Waals surface area contributed by atoms with Crippen LogP contribution in [0.2, 0.25) is 0 Å². The monoisotopic (exact) mass is 207 g/mol. The topological polar surface area (TPSA) is 49.2 Å². The number of nitrogens with zero attached hydrogens (tertiary/aromatic N) is 3. The van der Waals surface area contributed by atoms with Gasteiger partial charge in [-0.25, -0.2) is 4.98 Å². The summed E-state index contributed by atoms with van der Waals surface area (Å²) in [7, 11) is 0. The lowest BCUT2D eigenvalue weighted by Gasteiger charge is -2.36. The van der Waals surface area contributed by atoms with Crippen LogP contribution in [-0.4, -0.2) is 33.8 Å². The number of aromatic nitrogens is 2. The smallest absolute Gasteiger partial charge is 0.150 e.